The number of nitrogens with one attached hydrogen (secondary N) is 2. The van der Waals surface area contributed by atoms with Gasteiger partial charge >= 0.3 is 6.03 Å². The highest BCUT2D eigenvalue weighted by Crippen LogP contribution is 2.28. The monoisotopic (exact) mass is 346 g/mol. The number of nitrogens with zero attached hydrogens (tertiary/aromatic N) is 2. The number of hydrogen-bond donors (Lipinski definition) is 2. The maximum absolute atomic E-state index is 12.5. The SMILES string of the molecule is C[C@H](c1nc2ccccc2s1)N(C)C(=O)N[C@@H]1CCCCNC1=O. The average molecular weight is 346 g/mol. The first-order valence-corrected chi connectivity index (χ1v) is 9.04. The van der Waals surface area contributed by atoms with E-state index in [1.54, 1.807) is 23.3 Å². The summed E-state index contributed by atoms with van der Waals surface area (Å²) in [7, 11) is 1.74. The Bertz CT molecular complexity index is 712. The number of rotatable bonds is 3. The summed E-state index contributed by atoms with van der Waals surface area (Å²) in [4.78, 5) is 30.7. The summed E-state index contributed by atoms with van der Waals surface area (Å²) in [5, 5.41) is 6.57. The van der Waals surface area contributed by atoms with Gasteiger partial charge in [0.05, 0.1) is 16.3 Å². The normalized spacial score (nSPS) is 19.4. The van der Waals surface area contributed by atoms with E-state index in [9.17, 15) is 9.59 Å². The van der Waals surface area contributed by atoms with Crippen LogP contribution in [0.15, 0.2) is 24.3 Å². The maximum atomic E-state index is 12.5. The molecule has 1 aliphatic rings. The van der Waals surface area contributed by atoms with E-state index in [-0.39, 0.29) is 18.0 Å². The van der Waals surface area contributed by atoms with Gasteiger partial charge in [0, 0.05) is 13.6 Å². The number of thiazole rings is 1. The minimum atomic E-state index is -0.454. The van der Waals surface area contributed by atoms with Crippen molar-refractivity contribution >= 4 is 33.5 Å². The summed E-state index contributed by atoms with van der Waals surface area (Å²) >= 11 is 1.59. The van der Waals surface area contributed by atoms with Crippen LogP contribution in [0.2, 0.25) is 0 Å². The van der Waals surface area contributed by atoms with Crippen LogP contribution in [0.4, 0.5) is 4.79 Å². The third-order valence-electron chi connectivity index (χ3n) is 4.40. The molecule has 0 spiro atoms. The molecule has 2 N–H and O–H groups in total. The molecule has 1 aromatic heterocycles. The van der Waals surface area contributed by atoms with Gasteiger partial charge in [0.2, 0.25) is 5.91 Å². The molecule has 24 heavy (non-hydrogen) atoms. The zero-order chi connectivity index (χ0) is 17.1. The van der Waals surface area contributed by atoms with Crippen molar-refractivity contribution in [3.05, 3.63) is 29.3 Å². The van der Waals surface area contributed by atoms with Gasteiger partial charge in [-0.3, -0.25) is 4.79 Å². The molecule has 0 unspecified atom stereocenters. The molecular formula is C17H22N4O2S. The molecule has 2 atom stereocenters. The topological polar surface area (TPSA) is 74.3 Å². The van der Waals surface area contributed by atoms with Gasteiger partial charge in [-0.2, -0.15) is 0 Å². The lowest BCUT2D eigenvalue weighted by molar-refractivity contribution is -0.122. The van der Waals surface area contributed by atoms with E-state index in [4.69, 9.17) is 0 Å². The lowest BCUT2D eigenvalue weighted by atomic mass is 10.1. The highest BCUT2D eigenvalue weighted by Gasteiger charge is 2.26. The van der Waals surface area contributed by atoms with Crippen molar-refractivity contribution in [2.45, 2.75) is 38.3 Å². The molecule has 3 amide bonds. The van der Waals surface area contributed by atoms with E-state index < -0.39 is 6.04 Å². The van der Waals surface area contributed by atoms with Crippen LogP contribution in [0.1, 0.15) is 37.2 Å². The molecule has 3 rings (SSSR count). The van der Waals surface area contributed by atoms with Crippen molar-refractivity contribution in [1.29, 1.82) is 0 Å². The molecule has 0 aliphatic carbocycles. The fraction of sp³-hybridized carbons (Fsp3) is 0.471. The first-order valence-electron chi connectivity index (χ1n) is 8.23. The second-order valence-corrected chi connectivity index (χ2v) is 7.16. The van der Waals surface area contributed by atoms with Crippen LogP contribution in [0.25, 0.3) is 10.2 Å². The Morgan fingerprint density at radius 1 is 1.42 bits per heavy atom. The summed E-state index contributed by atoms with van der Waals surface area (Å²) in [6, 6.07) is 7.08. The molecule has 6 nitrogen and oxygen atoms in total. The van der Waals surface area contributed by atoms with Crippen LogP contribution in [-0.4, -0.2) is 41.5 Å². The number of fused-ring (bicyclic) bond motifs is 1. The number of benzene rings is 1. The second kappa shape index (κ2) is 7.17. The molecule has 1 aliphatic heterocycles. The van der Waals surface area contributed by atoms with Crippen LogP contribution in [0.5, 0.6) is 0 Å². The molecule has 128 valence electrons. The molecule has 1 fully saturated rings. The van der Waals surface area contributed by atoms with Crippen molar-refractivity contribution in [3.63, 3.8) is 0 Å². The first-order chi connectivity index (χ1) is 11.6. The van der Waals surface area contributed by atoms with E-state index in [1.807, 2.05) is 31.2 Å². The summed E-state index contributed by atoms with van der Waals surface area (Å²) in [6.07, 6.45) is 2.57. The van der Waals surface area contributed by atoms with Gasteiger partial charge in [0.1, 0.15) is 11.0 Å². The van der Waals surface area contributed by atoms with E-state index >= 15 is 0 Å². The number of aromatic nitrogens is 1. The average Bonchev–Trinajstić information content (AvgIpc) is 2.92. The number of carbonyl (C=O) groups excluding carboxylic acids is 2. The quantitative estimate of drug-likeness (QED) is 0.897. The van der Waals surface area contributed by atoms with Gasteiger partial charge in [-0.1, -0.05) is 12.1 Å². The van der Waals surface area contributed by atoms with Crippen molar-refractivity contribution in [3.8, 4) is 0 Å². The number of para-hydroxylation sites is 1. The number of hydrogen-bond acceptors (Lipinski definition) is 4. The Morgan fingerprint density at radius 2 is 2.21 bits per heavy atom. The number of urea groups is 1. The van der Waals surface area contributed by atoms with Crippen LogP contribution >= 0.6 is 11.3 Å². The third kappa shape index (κ3) is 3.51. The molecule has 0 saturated carbocycles. The van der Waals surface area contributed by atoms with Crippen molar-refractivity contribution < 1.29 is 9.59 Å². The largest absolute Gasteiger partial charge is 0.354 e. The Labute approximate surface area is 145 Å². The van der Waals surface area contributed by atoms with Crippen LogP contribution in [0, 0.1) is 0 Å². The second-order valence-electron chi connectivity index (χ2n) is 6.10. The molecule has 0 radical (unpaired) electrons. The molecule has 0 bridgehead atoms. The summed E-state index contributed by atoms with van der Waals surface area (Å²) < 4.78 is 1.11. The van der Waals surface area contributed by atoms with Crippen LogP contribution in [-0.2, 0) is 4.79 Å². The minimum absolute atomic E-state index is 0.0955. The smallest absolute Gasteiger partial charge is 0.318 e. The van der Waals surface area contributed by atoms with E-state index in [0.29, 0.717) is 13.0 Å². The van der Waals surface area contributed by atoms with Gasteiger partial charge in [-0.05, 0) is 38.3 Å². The van der Waals surface area contributed by atoms with E-state index in [1.165, 1.54) is 0 Å². The Hall–Kier alpha value is -2.15. The minimum Gasteiger partial charge on any atom is -0.354 e. The lowest BCUT2D eigenvalue weighted by Gasteiger charge is -2.26. The standard InChI is InChI=1S/C17H22N4O2S/c1-11(16-19-12-7-3-4-9-14(12)24-16)21(2)17(23)20-13-8-5-6-10-18-15(13)22/h3-4,7,9,11,13H,5-6,8,10H2,1-2H3,(H,18,22)(H,20,23)/t11-,13-/m1/s1. The van der Waals surface area contributed by atoms with Gasteiger partial charge in [0.25, 0.3) is 0 Å². The zero-order valence-corrected chi connectivity index (χ0v) is 14.7. The summed E-state index contributed by atoms with van der Waals surface area (Å²) in [6.45, 7) is 2.63. The summed E-state index contributed by atoms with van der Waals surface area (Å²) in [5.74, 6) is -0.0955. The predicted molar refractivity (Wildman–Crippen MR) is 95.0 cm³/mol. The van der Waals surface area contributed by atoms with Crippen molar-refractivity contribution in [2.24, 2.45) is 0 Å². The van der Waals surface area contributed by atoms with Gasteiger partial charge < -0.3 is 15.5 Å². The third-order valence-corrected chi connectivity index (χ3v) is 5.61. The fourth-order valence-corrected chi connectivity index (χ4v) is 3.80. The lowest BCUT2D eigenvalue weighted by Crippen LogP contribution is -2.49. The Morgan fingerprint density at radius 3 is 3.00 bits per heavy atom. The molecule has 1 saturated heterocycles. The zero-order valence-electron chi connectivity index (χ0n) is 13.9. The Kier molecular flexibility index (Phi) is 4.99. The van der Waals surface area contributed by atoms with Crippen LogP contribution < -0.4 is 10.6 Å². The highest BCUT2D eigenvalue weighted by atomic mass is 32.1. The number of carbonyl (C=O) groups is 2. The molecular weight excluding hydrogens is 324 g/mol. The molecule has 2 aromatic rings. The van der Waals surface area contributed by atoms with Gasteiger partial charge in [-0.15, -0.1) is 11.3 Å². The molecule has 2 heterocycles. The predicted octanol–water partition coefficient (Wildman–Crippen LogP) is 2.67. The summed E-state index contributed by atoms with van der Waals surface area (Å²) in [5.41, 5.74) is 0.946. The molecule has 7 heteroatoms. The van der Waals surface area contributed by atoms with E-state index in [2.05, 4.69) is 15.6 Å². The van der Waals surface area contributed by atoms with Crippen molar-refractivity contribution in [2.75, 3.05) is 13.6 Å². The molecule has 1 aromatic carbocycles. The van der Waals surface area contributed by atoms with Gasteiger partial charge in [-0.25, -0.2) is 9.78 Å². The van der Waals surface area contributed by atoms with Gasteiger partial charge in [0.15, 0.2) is 0 Å². The number of amides is 3. The highest BCUT2D eigenvalue weighted by molar-refractivity contribution is 7.18. The maximum Gasteiger partial charge on any atom is 0.318 e. The fourth-order valence-electron chi connectivity index (χ4n) is 2.74. The Balaban J connectivity index is 1.68. The first kappa shape index (κ1) is 16.7. The van der Waals surface area contributed by atoms with Crippen LogP contribution in [0.3, 0.4) is 0 Å². The van der Waals surface area contributed by atoms with Crippen molar-refractivity contribution in [1.82, 2.24) is 20.5 Å². The van der Waals surface area contributed by atoms with E-state index in [0.717, 1.165) is 28.1 Å².